The Morgan fingerprint density at radius 3 is 2.60 bits per heavy atom. The fraction of sp³-hybridized carbons (Fsp3) is 0.778. The Kier molecular flexibility index (Phi) is 7.82. The molecule has 4 nitrogen and oxygen atoms in total. The Balaban J connectivity index is 3.69. The second kappa shape index (κ2) is 7.96. The van der Waals surface area contributed by atoms with Crippen molar-refractivity contribution >= 4 is 34.4 Å². The maximum absolute atomic E-state index is 11.4. The Morgan fingerprint density at radius 2 is 2.13 bits per heavy atom. The van der Waals surface area contributed by atoms with Crippen LogP contribution in [0.25, 0.3) is 0 Å². The van der Waals surface area contributed by atoms with Gasteiger partial charge in [0.1, 0.15) is 0 Å². The van der Waals surface area contributed by atoms with Gasteiger partial charge in [-0.15, -0.1) is 11.6 Å². The molecule has 0 bridgehead atoms. The minimum atomic E-state index is -0.799. The normalized spacial score (nSPS) is 14.4. The summed E-state index contributed by atoms with van der Waals surface area (Å²) in [5.74, 6) is -0.0154. The number of alkyl halides is 1. The van der Waals surface area contributed by atoms with Gasteiger partial charge in [-0.3, -0.25) is 9.59 Å². The van der Waals surface area contributed by atoms with E-state index in [1.165, 1.54) is 6.92 Å². The minimum Gasteiger partial charge on any atom is -0.391 e. The van der Waals surface area contributed by atoms with E-state index in [1.807, 2.05) is 0 Å². The lowest BCUT2D eigenvalue weighted by Gasteiger charge is -2.14. The first kappa shape index (κ1) is 14.7. The van der Waals surface area contributed by atoms with Crippen LogP contribution in [0.1, 0.15) is 13.8 Å². The smallest absolute Gasteiger partial charge is 0.216 e. The van der Waals surface area contributed by atoms with E-state index in [9.17, 15) is 14.7 Å². The summed E-state index contributed by atoms with van der Waals surface area (Å²) in [4.78, 5) is 21.9. The predicted octanol–water partition coefficient (Wildman–Crippen LogP) is 0.618. The standard InChI is InChI=1S/C9H16ClNO3S/c1-6(8(13)5-10)9(14)15-4-3-11-7(2)12/h6,8,13H,3-5H2,1-2H3,(H,11,12)/t6-,8+/m0/s1. The van der Waals surface area contributed by atoms with Crippen LogP contribution in [0.5, 0.6) is 0 Å². The zero-order valence-electron chi connectivity index (χ0n) is 8.83. The van der Waals surface area contributed by atoms with Crippen molar-refractivity contribution in [2.75, 3.05) is 18.2 Å². The molecule has 88 valence electrons. The molecular formula is C9H16ClNO3S. The third-order valence-electron chi connectivity index (χ3n) is 1.83. The van der Waals surface area contributed by atoms with Gasteiger partial charge in [-0.1, -0.05) is 18.7 Å². The molecule has 0 aliphatic rings. The minimum absolute atomic E-state index is 0.0547. The van der Waals surface area contributed by atoms with Crippen LogP contribution in [0.2, 0.25) is 0 Å². The molecule has 0 rings (SSSR count). The zero-order valence-corrected chi connectivity index (χ0v) is 10.4. The molecule has 0 aromatic rings. The van der Waals surface area contributed by atoms with Crippen molar-refractivity contribution in [1.82, 2.24) is 5.32 Å². The number of nitrogens with one attached hydrogen (secondary N) is 1. The van der Waals surface area contributed by atoms with Crippen molar-refractivity contribution in [2.24, 2.45) is 5.92 Å². The lowest BCUT2D eigenvalue weighted by Crippen LogP contribution is -2.27. The Hall–Kier alpha value is -0.260. The topological polar surface area (TPSA) is 66.4 Å². The number of aliphatic hydroxyl groups excluding tert-OH is 1. The first-order chi connectivity index (χ1) is 6.99. The van der Waals surface area contributed by atoms with Crippen LogP contribution in [0, 0.1) is 5.92 Å². The van der Waals surface area contributed by atoms with Crippen molar-refractivity contribution < 1.29 is 14.7 Å². The lowest BCUT2D eigenvalue weighted by atomic mass is 10.1. The monoisotopic (exact) mass is 253 g/mol. The molecule has 0 aliphatic heterocycles. The van der Waals surface area contributed by atoms with Gasteiger partial charge in [0, 0.05) is 25.1 Å². The number of halogens is 1. The molecule has 0 saturated carbocycles. The fourth-order valence-electron chi connectivity index (χ4n) is 0.801. The van der Waals surface area contributed by atoms with Crippen molar-refractivity contribution in [1.29, 1.82) is 0 Å². The molecule has 0 radical (unpaired) electrons. The number of aliphatic hydroxyl groups is 1. The van der Waals surface area contributed by atoms with Gasteiger partial charge in [-0.2, -0.15) is 0 Å². The quantitative estimate of drug-likeness (QED) is 0.538. The highest BCUT2D eigenvalue weighted by Gasteiger charge is 2.21. The van der Waals surface area contributed by atoms with Crippen molar-refractivity contribution in [3.63, 3.8) is 0 Å². The number of hydrogen-bond acceptors (Lipinski definition) is 4. The van der Waals surface area contributed by atoms with Crippen LogP contribution >= 0.6 is 23.4 Å². The summed E-state index contributed by atoms with van der Waals surface area (Å²) in [5, 5.41) is 11.8. The zero-order chi connectivity index (χ0) is 11.8. The van der Waals surface area contributed by atoms with Gasteiger partial charge in [0.25, 0.3) is 0 Å². The predicted molar refractivity (Wildman–Crippen MR) is 62.0 cm³/mol. The third kappa shape index (κ3) is 6.76. The Labute approximate surface area is 98.8 Å². The fourth-order valence-corrected chi connectivity index (χ4v) is 1.89. The van der Waals surface area contributed by atoms with Gasteiger partial charge in [0.2, 0.25) is 5.91 Å². The highest BCUT2D eigenvalue weighted by Crippen LogP contribution is 2.14. The molecule has 0 aliphatic carbocycles. The van der Waals surface area contributed by atoms with Crippen molar-refractivity contribution in [3.8, 4) is 0 Å². The van der Waals surface area contributed by atoms with E-state index in [2.05, 4.69) is 5.32 Å². The molecule has 0 unspecified atom stereocenters. The molecule has 0 aromatic heterocycles. The maximum atomic E-state index is 11.4. The van der Waals surface area contributed by atoms with Crippen molar-refractivity contribution in [3.05, 3.63) is 0 Å². The van der Waals surface area contributed by atoms with Crippen LogP contribution in [0.4, 0.5) is 0 Å². The van der Waals surface area contributed by atoms with Crippen LogP contribution in [0.15, 0.2) is 0 Å². The van der Waals surface area contributed by atoms with E-state index in [4.69, 9.17) is 11.6 Å². The summed E-state index contributed by atoms with van der Waals surface area (Å²) in [6, 6.07) is 0. The number of rotatable bonds is 6. The molecule has 2 atom stereocenters. The number of amides is 1. The number of thioether (sulfide) groups is 1. The van der Waals surface area contributed by atoms with Crippen LogP contribution in [0.3, 0.4) is 0 Å². The lowest BCUT2D eigenvalue weighted by molar-refractivity contribution is -0.119. The Morgan fingerprint density at radius 1 is 1.53 bits per heavy atom. The third-order valence-corrected chi connectivity index (χ3v) is 3.21. The Bertz CT molecular complexity index is 225. The summed E-state index contributed by atoms with van der Waals surface area (Å²) in [6.45, 7) is 3.52. The highest BCUT2D eigenvalue weighted by atomic mass is 35.5. The molecule has 1 amide bonds. The van der Waals surface area contributed by atoms with Gasteiger partial charge >= 0.3 is 0 Å². The van der Waals surface area contributed by atoms with E-state index in [1.54, 1.807) is 6.92 Å². The second-order valence-corrected chi connectivity index (χ2v) is 4.57. The highest BCUT2D eigenvalue weighted by molar-refractivity contribution is 8.13. The molecule has 2 N–H and O–H groups in total. The van der Waals surface area contributed by atoms with E-state index in [-0.39, 0.29) is 16.9 Å². The first-order valence-corrected chi connectivity index (χ1v) is 6.16. The van der Waals surface area contributed by atoms with Gasteiger partial charge in [-0.25, -0.2) is 0 Å². The molecule has 0 heterocycles. The number of carbonyl (C=O) groups is 2. The average molecular weight is 254 g/mol. The summed E-state index contributed by atoms with van der Waals surface area (Å²) in [5.41, 5.74) is 0. The summed E-state index contributed by atoms with van der Waals surface area (Å²) < 4.78 is 0. The summed E-state index contributed by atoms with van der Waals surface area (Å²) >= 11 is 6.52. The molecule has 0 spiro atoms. The van der Waals surface area contributed by atoms with Crippen LogP contribution in [-0.2, 0) is 9.59 Å². The first-order valence-electron chi connectivity index (χ1n) is 4.64. The largest absolute Gasteiger partial charge is 0.391 e. The van der Waals surface area contributed by atoms with Gasteiger partial charge in [-0.05, 0) is 0 Å². The molecular weight excluding hydrogens is 238 g/mol. The molecule has 0 saturated heterocycles. The molecule has 0 fully saturated rings. The van der Waals surface area contributed by atoms with Crippen LogP contribution < -0.4 is 5.32 Å². The van der Waals surface area contributed by atoms with E-state index < -0.39 is 12.0 Å². The second-order valence-electron chi connectivity index (χ2n) is 3.16. The molecule has 0 aromatic carbocycles. The van der Waals surface area contributed by atoms with Gasteiger partial charge in [0.05, 0.1) is 12.0 Å². The average Bonchev–Trinajstić information content (AvgIpc) is 2.21. The molecule has 15 heavy (non-hydrogen) atoms. The van der Waals surface area contributed by atoms with Crippen LogP contribution in [-0.4, -0.2) is 40.4 Å². The number of carbonyl (C=O) groups excluding carboxylic acids is 2. The summed E-state index contributed by atoms with van der Waals surface area (Å²) in [7, 11) is 0. The van der Waals surface area contributed by atoms with E-state index in [0.29, 0.717) is 12.3 Å². The number of hydrogen-bond donors (Lipinski definition) is 2. The van der Waals surface area contributed by atoms with Crippen molar-refractivity contribution in [2.45, 2.75) is 20.0 Å². The van der Waals surface area contributed by atoms with E-state index >= 15 is 0 Å². The SMILES string of the molecule is CC(=O)NCCSC(=O)[C@@H](C)[C@H](O)CCl. The molecule has 6 heteroatoms. The van der Waals surface area contributed by atoms with Gasteiger partial charge < -0.3 is 10.4 Å². The van der Waals surface area contributed by atoms with Gasteiger partial charge in [0.15, 0.2) is 5.12 Å². The van der Waals surface area contributed by atoms with E-state index in [0.717, 1.165) is 11.8 Å². The summed E-state index contributed by atoms with van der Waals surface area (Å²) in [6.07, 6.45) is -0.799. The maximum Gasteiger partial charge on any atom is 0.216 e.